The Labute approximate surface area is 233 Å². The highest BCUT2D eigenvalue weighted by atomic mass is 35.5. The first-order valence-corrected chi connectivity index (χ1v) is 14.2. The van der Waals surface area contributed by atoms with Gasteiger partial charge in [-0.2, -0.15) is 4.98 Å². The summed E-state index contributed by atoms with van der Waals surface area (Å²) in [7, 11) is 0. The number of benzene rings is 1. The number of nitrogens with one attached hydrogen (secondary N) is 1. The van der Waals surface area contributed by atoms with Crippen LogP contribution in [0.5, 0.6) is 0 Å². The smallest absolute Gasteiger partial charge is 0.293 e. The van der Waals surface area contributed by atoms with E-state index in [4.69, 9.17) is 44.5 Å². The van der Waals surface area contributed by atoms with Crippen LogP contribution in [0.2, 0.25) is 15.1 Å². The van der Waals surface area contributed by atoms with Gasteiger partial charge >= 0.3 is 0 Å². The topological polar surface area (TPSA) is 70.6 Å². The zero-order valence-electron chi connectivity index (χ0n) is 21.5. The highest BCUT2D eigenvalue weighted by Gasteiger charge is 2.47. The minimum atomic E-state index is -0.279. The number of ether oxygens (including phenoxy) is 1. The number of hydrogen-bond acceptors (Lipinski definition) is 7. The number of anilines is 2. The molecule has 2 saturated heterocycles. The standard InChI is InChI=1S/C27H34Cl3N5O2/c1-16(22-7-6-20(28)9-23(22)29)31-25-24(30)17(2)32-26(33-25)35-13-19(14-35)18-5-4-8-34(12-18)21-10-27(3,11-21)37-15-36/h6-7,9,15-16,18-19,21H,4-5,8,10-14H2,1-3H3,(H,31,32,33)/t16-,18+,21?,27?/m1/s1. The van der Waals surface area contributed by atoms with Crippen LogP contribution in [0.15, 0.2) is 18.2 Å². The molecule has 2 aromatic rings. The molecule has 3 fully saturated rings. The molecule has 0 bridgehead atoms. The Kier molecular flexibility index (Phi) is 7.79. The van der Waals surface area contributed by atoms with Crippen LogP contribution in [0.3, 0.4) is 0 Å². The second-order valence-corrected chi connectivity index (χ2v) is 12.3. The summed E-state index contributed by atoms with van der Waals surface area (Å²) in [4.78, 5) is 25.1. The van der Waals surface area contributed by atoms with E-state index in [-0.39, 0.29) is 11.6 Å². The van der Waals surface area contributed by atoms with Crippen molar-refractivity contribution in [3.05, 3.63) is 44.5 Å². The first kappa shape index (κ1) is 26.8. The van der Waals surface area contributed by atoms with Crippen LogP contribution in [0, 0.1) is 18.8 Å². The normalized spacial score (nSPS) is 27.2. The Morgan fingerprint density at radius 3 is 2.62 bits per heavy atom. The van der Waals surface area contributed by atoms with Gasteiger partial charge in [0, 0.05) is 48.6 Å². The molecule has 1 aliphatic carbocycles. The number of aromatic nitrogens is 2. The lowest BCUT2D eigenvalue weighted by Gasteiger charge is -2.52. The number of rotatable bonds is 8. The Bertz CT molecular complexity index is 1150. The van der Waals surface area contributed by atoms with Crippen LogP contribution in [-0.4, -0.2) is 59.2 Å². The van der Waals surface area contributed by atoms with Crippen LogP contribution in [0.1, 0.15) is 56.8 Å². The Morgan fingerprint density at radius 1 is 1.16 bits per heavy atom. The molecule has 7 nitrogen and oxygen atoms in total. The van der Waals surface area contributed by atoms with Crippen LogP contribution >= 0.6 is 34.8 Å². The molecule has 3 heterocycles. The third kappa shape index (κ3) is 5.65. The zero-order chi connectivity index (χ0) is 26.3. The molecule has 1 N–H and O–H groups in total. The lowest BCUT2D eigenvalue weighted by Crippen LogP contribution is -2.59. The van der Waals surface area contributed by atoms with Gasteiger partial charge in [-0.25, -0.2) is 4.98 Å². The second-order valence-electron chi connectivity index (χ2n) is 11.1. The Balaban J connectivity index is 1.20. The van der Waals surface area contributed by atoms with Crippen molar-refractivity contribution in [1.29, 1.82) is 0 Å². The molecule has 1 saturated carbocycles. The van der Waals surface area contributed by atoms with E-state index in [1.165, 1.54) is 12.8 Å². The first-order chi connectivity index (χ1) is 17.7. The molecule has 1 aromatic heterocycles. The molecule has 1 aromatic carbocycles. The van der Waals surface area contributed by atoms with E-state index in [1.54, 1.807) is 6.07 Å². The van der Waals surface area contributed by atoms with Crippen LogP contribution in [0.25, 0.3) is 0 Å². The monoisotopic (exact) mass is 565 g/mol. The number of nitrogens with zero attached hydrogens (tertiary/aromatic N) is 4. The van der Waals surface area contributed by atoms with Gasteiger partial charge in [0.2, 0.25) is 5.95 Å². The van der Waals surface area contributed by atoms with E-state index in [1.807, 2.05) is 32.9 Å². The molecular weight excluding hydrogens is 533 g/mol. The van der Waals surface area contributed by atoms with Crippen molar-refractivity contribution in [2.24, 2.45) is 11.8 Å². The largest absolute Gasteiger partial charge is 0.461 e. The number of likely N-dealkylation sites (tertiary alicyclic amines) is 1. The van der Waals surface area contributed by atoms with Gasteiger partial charge in [-0.05, 0) is 69.7 Å². The van der Waals surface area contributed by atoms with Gasteiger partial charge in [-0.15, -0.1) is 0 Å². The molecule has 0 radical (unpaired) electrons. The Hall–Kier alpha value is -1.80. The number of hydrogen-bond donors (Lipinski definition) is 1. The predicted octanol–water partition coefficient (Wildman–Crippen LogP) is 6.16. The van der Waals surface area contributed by atoms with E-state index >= 15 is 0 Å². The first-order valence-electron chi connectivity index (χ1n) is 13.0. The summed E-state index contributed by atoms with van der Waals surface area (Å²) in [5.74, 6) is 2.62. The van der Waals surface area contributed by atoms with Crippen molar-refractivity contribution in [2.75, 3.05) is 36.4 Å². The third-order valence-corrected chi connectivity index (χ3v) is 9.33. The summed E-state index contributed by atoms with van der Waals surface area (Å²) in [6.45, 7) is 10.7. The lowest BCUT2D eigenvalue weighted by molar-refractivity contribution is -0.160. The van der Waals surface area contributed by atoms with Crippen LogP contribution in [0.4, 0.5) is 11.8 Å². The van der Waals surface area contributed by atoms with E-state index in [2.05, 4.69) is 20.1 Å². The quantitative estimate of drug-likeness (QED) is 0.384. The maximum atomic E-state index is 10.8. The van der Waals surface area contributed by atoms with Gasteiger partial charge in [0.15, 0.2) is 5.82 Å². The minimum Gasteiger partial charge on any atom is -0.461 e. The van der Waals surface area contributed by atoms with E-state index in [0.29, 0.717) is 51.2 Å². The average Bonchev–Trinajstić information content (AvgIpc) is 2.80. The number of carbonyl (C=O) groups excluding carboxylic acids is 1. The summed E-state index contributed by atoms with van der Waals surface area (Å²) in [5, 5.41) is 5.14. The zero-order valence-corrected chi connectivity index (χ0v) is 23.8. The average molecular weight is 567 g/mol. The number of halogens is 3. The van der Waals surface area contributed by atoms with E-state index in [9.17, 15) is 4.79 Å². The molecular formula is C27H34Cl3N5O2. The minimum absolute atomic E-state index is 0.105. The SMILES string of the molecule is Cc1nc(N2CC([C@H]3CCCN(C4CC(C)(OC=O)C4)C3)C2)nc(N[C@H](C)c2ccc(Cl)cc2Cl)c1Cl. The molecule has 37 heavy (non-hydrogen) atoms. The van der Waals surface area contributed by atoms with E-state index in [0.717, 1.165) is 50.3 Å². The van der Waals surface area contributed by atoms with Crippen molar-refractivity contribution in [2.45, 2.75) is 64.1 Å². The summed E-state index contributed by atoms with van der Waals surface area (Å²) in [6.07, 6.45) is 4.35. The summed E-state index contributed by atoms with van der Waals surface area (Å²) < 4.78 is 5.29. The van der Waals surface area contributed by atoms with Gasteiger partial charge in [-0.3, -0.25) is 9.69 Å². The summed E-state index contributed by atoms with van der Waals surface area (Å²) >= 11 is 19.1. The predicted molar refractivity (Wildman–Crippen MR) is 149 cm³/mol. The van der Waals surface area contributed by atoms with Crippen LogP contribution in [-0.2, 0) is 9.53 Å². The third-order valence-electron chi connectivity index (χ3n) is 8.32. The fourth-order valence-electron chi connectivity index (χ4n) is 6.06. The maximum Gasteiger partial charge on any atom is 0.293 e. The number of carbonyl (C=O) groups is 1. The van der Waals surface area contributed by atoms with Gasteiger partial charge in [0.1, 0.15) is 10.6 Å². The summed E-state index contributed by atoms with van der Waals surface area (Å²) in [5.41, 5.74) is 1.40. The van der Waals surface area contributed by atoms with Gasteiger partial charge in [0.05, 0.1) is 11.7 Å². The number of piperidine rings is 1. The van der Waals surface area contributed by atoms with Crippen molar-refractivity contribution in [3.8, 4) is 0 Å². The van der Waals surface area contributed by atoms with Gasteiger partial charge in [0.25, 0.3) is 6.47 Å². The molecule has 200 valence electrons. The lowest BCUT2D eigenvalue weighted by atomic mass is 9.73. The molecule has 0 spiro atoms. The molecule has 5 rings (SSSR count). The van der Waals surface area contributed by atoms with Gasteiger partial charge < -0.3 is 15.0 Å². The molecule has 3 aliphatic rings. The maximum absolute atomic E-state index is 10.8. The van der Waals surface area contributed by atoms with Crippen LogP contribution < -0.4 is 10.2 Å². The van der Waals surface area contributed by atoms with E-state index < -0.39 is 0 Å². The fourth-order valence-corrected chi connectivity index (χ4v) is 6.77. The van der Waals surface area contributed by atoms with Crippen molar-refractivity contribution in [3.63, 3.8) is 0 Å². The molecule has 10 heteroatoms. The molecule has 2 aliphatic heterocycles. The number of aryl methyl sites for hydroxylation is 1. The highest BCUT2D eigenvalue weighted by Crippen LogP contribution is 2.42. The molecule has 0 unspecified atom stereocenters. The van der Waals surface area contributed by atoms with Gasteiger partial charge in [-0.1, -0.05) is 40.9 Å². The van der Waals surface area contributed by atoms with Crippen molar-refractivity contribution < 1.29 is 9.53 Å². The Morgan fingerprint density at radius 2 is 1.92 bits per heavy atom. The van der Waals surface area contributed by atoms with Crippen molar-refractivity contribution in [1.82, 2.24) is 14.9 Å². The molecule has 2 atom stereocenters. The fraction of sp³-hybridized carbons (Fsp3) is 0.593. The highest BCUT2D eigenvalue weighted by molar-refractivity contribution is 6.35. The van der Waals surface area contributed by atoms with Crippen molar-refractivity contribution >= 4 is 53.0 Å². The second kappa shape index (κ2) is 10.8. The summed E-state index contributed by atoms with van der Waals surface area (Å²) in [6, 6.07) is 5.90. The molecule has 0 amide bonds.